The van der Waals surface area contributed by atoms with E-state index >= 15 is 0 Å². The van der Waals surface area contributed by atoms with Crippen LogP contribution in [0, 0.1) is 5.92 Å². The van der Waals surface area contributed by atoms with E-state index in [2.05, 4.69) is 53.8 Å². The van der Waals surface area contributed by atoms with E-state index in [0.717, 1.165) is 6.42 Å². The molecule has 104 valence electrons. The van der Waals surface area contributed by atoms with E-state index in [1.165, 1.54) is 0 Å². The Balaban J connectivity index is 4.27. The van der Waals surface area contributed by atoms with Crippen molar-refractivity contribution < 1.29 is 5.11 Å². The molecule has 0 heterocycles. The summed E-state index contributed by atoms with van der Waals surface area (Å²) in [6.45, 7) is 15.7. The lowest BCUT2D eigenvalue weighted by Gasteiger charge is -2.34. The molecule has 0 aromatic rings. The third-order valence-corrected chi connectivity index (χ3v) is 4.71. The molecule has 0 aliphatic carbocycles. The van der Waals surface area contributed by atoms with E-state index in [-0.39, 0.29) is 12.1 Å². The molecule has 3 heteroatoms. The molecule has 0 aliphatic heterocycles. The molecular formula is C14H31NOS. The van der Waals surface area contributed by atoms with E-state index < -0.39 is 0 Å². The van der Waals surface area contributed by atoms with Crippen LogP contribution in [0.15, 0.2) is 0 Å². The van der Waals surface area contributed by atoms with Crippen LogP contribution < -0.4 is 5.32 Å². The molecule has 0 amide bonds. The summed E-state index contributed by atoms with van der Waals surface area (Å²) < 4.78 is 0. The topological polar surface area (TPSA) is 32.3 Å². The van der Waals surface area contributed by atoms with Gasteiger partial charge in [0.1, 0.15) is 0 Å². The van der Waals surface area contributed by atoms with Crippen molar-refractivity contribution in [3.8, 4) is 0 Å². The lowest BCUT2D eigenvalue weighted by atomic mass is 9.96. The molecule has 0 radical (unpaired) electrons. The molecule has 0 fully saturated rings. The van der Waals surface area contributed by atoms with E-state index in [0.29, 0.717) is 22.5 Å². The SMILES string of the molecule is CC(C)NC(C)(CO)CC(C)SC(C)C(C)C. The third kappa shape index (κ3) is 7.32. The molecular weight excluding hydrogens is 230 g/mol. The van der Waals surface area contributed by atoms with Gasteiger partial charge in [0.25, 0.3) is 0 Å². The Labute approximate surface area is 112 Å². The normalized spacial score (nSPS) is 19.4. The second kappa shape index (κ2) is 7.65. The van der Waals surface area contributed by atoms with E-state index in [1.807, 2.05) is 11.8 Å². The van der Waals surface area contributed by atoms with Crippen molar-refractivity contribution in [1.82, 2.24) is 5.32 Å². The highest BCUT2D eigenvalue weighted by Crippen LogP contribution is 2.28. The lowest BCUT2D eigenvalue weighted by Crippen LogP contribution is -2.50. The summed E-state index contributed by atoms with van der Waals surface area (Å²) in [6, 6.07) is 0.409. The van der Waals surface area contributed by atoms with Crippen LogP contribution in [-0.4, -0.2) is 33.8 Å². The first-order valence-electron chi connectivity index (χ1n) is 6.74. The van der Waals surface area contributed by atoms with Gasteiger partial charge >= 0.3 is 0 Å². The zero-order valence-corrected chi connectivity index (χ0v) is 13.4. The number of hydrogen-bond donors (Lipinski definition) is 2. The highest BCUT2D eigenvalue weighted by atomic mass is 32.2. The van der Waals surface area contributed by atoms with E-state index in [1.54, 1.807) is 0 Å². The van der Waals surface area contributed by atoms with Gasteiger partial charge in [-0.2, -0.15) is 11.8 Å². The van der Waals surface area contributed by atoms with Gasteiger partial charge in [0.2, 0.25) is 0 Å². The first kappa shape index (κ1) is 17.3. The predicted octanol–water partition coefficient (Wildman–Crippen LogP) is 3.29. The van der Waals surface area contributed by atoms with E-state index in [9.17, 15) is 5.11 Å². The maximum absolute atomic E-state index is 9.55. The number of aliphatic hydroxyl groups excluding tert-OH is 1. The Bertz CT molecular complexity index is 208. The number of hydrogen-bond acceptors (Lipinski definition) is 3. The number of aliphatic hydroxyl groups is 1. The van der Waals surface area contributed by atoms with Gasteiger partial charge in [0.15, 0.2) is 0 Å². The van der Waals surface area contributed by atoms with Gasteiger partial charge in [-0.3, -0.25) is 0 Å². The van der Waals surface area contributed by atoms with Gasteiger partial charge < -0.3 is 10.4 Å². The molecule has 0 saturated heterocycles. The molecule has 3 unspecified atom stereocenters. The van der Waals surface area contributed by atoms with Crippen molar-refractivity contribution in [2.75, 3.05) is 6.61 Å². The van der Waals surface area contributed by atoms with Crippen molar-refractivity contribution >= 4 is 11.8 Å². The van der Waals surface area contributed by atoms with Crippen LogP contribution >= 0.6 is 11.8 Å². The van der Waals surface area contributed by atoms with Gasteiger partial charge in [-0.05, 0) is 19.3 Å². The van der Waals surface area contributed by atoms with Crippen LogP contribution in [0.5, 0.6) is 0 Å². The summed E-state index contributed by atoms with van der Waals surface area (Å²) in [7, 11) is 0. The summed E-state index contributed by atoms with van der Waals surface area (Å²) in [5.41, 5.74) is -0.155. The highest BCUT2D eigenvalue weighted by Gasteiger charge is 2.27. The summed E-state index contributed by atoms with van der Waals surface area (Å²) in [4.78, 5) is 0. The Morgan fingerprint density at radius 3 is 2.00 bits per heavy atom. The van der Waals surface area contributed by atoms with Crippen molar-refractivity contribution in [2.45, 2.75) is 77.0 Å². The first-order chi connectivity index (χ1) is 7.70. The average molecular weight is 261 g/mol. The van der Waals surface area contributed by atoms with Crippen LogP contribution in [-0.2, 0) is 0 Å². The van der Waals surface area contributed by atoms with Crippen LogP contribution in [0.4, 0.5) is 0 Å². The minimum Gasteiger partial charge on any atom is -0.394 e. The molecule has 0 bridgehead atoms. The summed E-state index contributed by atoms with van der Waals surface area (Å²) >= 11 is 2.03. The van der Waals surface area contributed by atoms with Crippen molar-refractivity contribution in [3.63, 3.8) is 0 Å². The van der Waals surface area contributed by atoms with E-state index in [4.69, 9.17) is 0 Å². The van der Waals surface area contributed by atoms with Crippen molar-refractivity contribution in [1.29, 1.82) is 0 Å². The first-order valence-corrected chi connectivity index (χ1v) is 7.68. The second-order valence-corrected chi connectivity index (χ2v) is 7.94. The molecule has 3 atom stereocenters. The molecule has 2 N–H and O–H groups in total. The third-order valence-electron chi connectivity index (χ3n) is 3.11. The predicted molar refractivity (Wildman–Crippen MR) is 79.7 cm³/mol. The molecule has 17 heavy (non-hydrogen) atoms. The lowest BCUT2D eigenvalue weighted by molar-refractivity contribution is 0.157. The minimum atomic E-state index is -0.155. The quantitative estimate of drug-likeness (QED) is 0.703. The Kier molecular flexibility index (Phi) is 7.77. The zero-order valence-electron chi connectivity index (χ0n) is 12.6. The molecule has 0 saturated carbocycles. The highest BCUT2D eigenvalue weighted by molar-refractivity contribution is 8.00. The Morgan fingerprint density at radius 2 is 1.65 bits per heavy atom. The van der Waals surface area contributed by atoms with Crippen molar-refractivity contribution in [2.24, 2.45) is 5.92 Å². The van der Waals surface area contributed by atoms with Crippen LogP contribution in [0.25, 0.3) is 0 Å². The standard InChI is InChI=1S/C14H31NOS/c1-10(2)13(6)17-12(5)8-14(7,9-16)15-11(3)4/h10-13,15-16H,8-9H2,1-7H3. The monoisotopic (exact) mass is 261 g/mol. The fourth-order valence-electron chi connectivity index (χ4n) is 2.07. The van der Waals surface area contributed by atoms with Gasteiger partial charge in [0, 0.05) is 22.1 Å². The van der Waals surface area contributed by atoms with Gasteiger partial charge in [-0.15, -0.1) is 0 Å². The molecule has 0 aromatic heterocycles. The number of rotatable bonds is 8. The van der Waals surface area contributed by atoms with Gasteiger partial charge in [0.05, 0.1) is 6.61 Å². The molecule has 2 nitrogen and oxygen atoms in total. The average Bonchev–Trinajstić information content (AvgIpc) is 2.15. The Morgan fingerprint density at radius 1 is 1.12 bits per heavy atom. The fourth-order valence-corrected chi connectivity index (χ4v) is 3.58. The van der Waals surface area contributed by atoms with Gasteiger partial charge in [-0.1, -0.05) is 41.5 Å². The molecule has 0 aliphatic rings. The molecule has 0 aromatic carbocycles. The minimum absolute atomic E-state index is 0.155. The zero-order chi connectivity index (χ0) is 13.6. The number of nitrogens with one attached hydrogen (secondary N) is 1. The second-order valence-electron chi connectivity index (χ2n) is 6.12. The fraction of sp³-hybridized carbons (Fsp3) is 1.00. The number of thioether (sulfide) groups is 1. The summed E-state index contributed by atoms with van der Waals surface area (Å²) in [5.74, 6) is 0.709. The van der Waals surface area contributed by atoms with Crippen LogP contribution in [0.3, 0.4) is 0 Å². The smallest absolute Gasteiger partial charge is 0.0611 e. The summed E-state index contributed by atoms with van der Waals surface area (Å²) in [5, 5.41) is 14.3. The maximum Gasteiger partial charge on any atom is 0.0611 e. The van der Waals surface area contributed by atoms with Gasteiger partial charge in [-0.25, -0.2) is 0 Å². The molecule has 0 rings (SSSR count). The van der Waals surface area contributed by atoms with Crippen LogP contribution in [0.1, 0.15) is 54.9 Å². The maximum atomic E-state index is 9.55. The van der Waals surface area contributed by atoms with Crippen LogP contribution in [0.2, 0.25) is 0 Å². The Hall–Kier alpha value is 0.270. The largest absolute Gasteiger partial charge is 0.394 e. The van der Waals surface area contributed by atoms with Crippen molar-refractivity contribution in [3.05, 3.63) is 0 Å². The summed E-state index contributed by atoms with van der Waals surface area (Å²) in [6.07, 6.45) is 1.00. The molecule has 0 spiro atoms.